The molecule has 2 N–H and O–H groups in total. The first kappa shape index (κ1) is 18.8. The summed E-state index contributed by atoms with van der Waals surface area (Å²) >= 11 is 0. The van der Waals surface area contributed by atoms with E-state index >= 15 is 0 Å². The molecule has 1 aliphatic rings. The van der Waals surface area contributed by atoms with Crippen molar-refractivity contribution in [1.82, 2.24) is 9.88 Å². The molecule has 1 atom stereocenters. The fraction of sp³-hybridized carbons (Fsp3) is 0.174. The zero-order chi connectivity index (χ0) is 20.2. The van der Waals surface area contributed by atoms with Crippen molar-refractivity contribution in [1.29, 1.82) is 0 Å². The van der Waals surface area contributed by atoms with Gasteiger partial charge in [0.25, 0.3) is 5.91 Å². The first-order chi connectivity index (χ1) is 14.1. The number of pyridine rings is 1. The highest BCUT2D eigenvalue weighted by molar-refractivity contribution is 5.94. The quantitative estimate of drug-likeness (QED) is 0.746. The molecule has 0 aliphatic carbocycles. The van der Waals surface area contributed by atoms with E-state index < -0.39 is 5.91 Å². The highest BCUT2D eigenvalue weighted by Gasteiger charge is 2.27. The standard InChI is InChI=1S/C23H21N3O3/c24-22(27)18-9-4-8-17(14-18)19-10-5-11-20(25-19)21-15-26(12-13-29-21)23(28)16-6-2-1-3-7-16/h1-11,14,21H,12-13,15H2,(H2,24,27)/t21-/m0/s1. The molecule has 1 aromatic heterocycles. The highest BCUT2D eigenvalue weighted by atomic mass is 16.5. The molecule has 0 radical (unpaired) electrons. The Balaban J connectivity index is 1.56. The van der Waals surface area contributed by atoms with Crippen LogP contribution in [-0.2, 0) is 4.74 Å². The Morgan fingerprint density at radius 2 is 1.72 bits per heavy atom. The molecule has 1 saturated heterocycles. The van der Waals surface area contributed by atoms with Crippen molar-refractivity contribution in [2.24, 2.45) is 5.73 Å². The van der Waals surface area contributed by atoms with Crippen LogP contribution >= 0.6 is 0 Å². The second-order valence-corrected chi connectivity index (χ2v) is 6.87. The molecule has 2 heterocycles. The van der Waals surface area contributed by atoms with E-state index in [0.29, 0.717) is 30.8 Å². The number of ether oxygens (including phenoxy) is 1. The number of primary amides is 1. The first-order valence-electron chi connectivity index (χ1n) is 9.45. The molecule has 0 unspecified atom stereocenters. The van der Waals surface area contributed by atoms with Crippen LogP contribution in [0.25, 0.3) is 11.3 Å². The summed E-state index contributed by atoms with van der Waals surface area (Å²) in [6.07, 6.45) is -0.310. The zero-order valence-electron chi connectivity index (χ0n) is 15.8. The summed E-state index contributed by atoms with van der Waals surface area (Å²) in [4.78, 5) is 30.7. The van der Waals surface area contributed by atoms with Crippen LogP contribution in [0, 0.1) is 0 Å². The van der Waals surface area contributed by atoms with Crippen molar-refractivity contribution >= 4 is 11.8 Å². The van der Waals surface area contributed by atoms with E-state index in [1.807, 2.05) is 54.6 Å². The summed E-state index contributed by atoms with van der Waals surface area (Å²) in [5.41, 5.74) is 8.75. The number of carbonyl (C=O) groups is 2. The van der Waals surface area contributed by atoms with Crippen LogP contribution < -0.4 is 5.73 Å². The van der Waals surface area contributed by atoms with Gasteiger partial charge in [0.1, 0.15) is 6.10 Å². The van der Waals surface area contributed by atoms with Gasteiger partial charge in [-0.3, -0.25) is 9.59 Å². The predicted octanol–water partition coefficient (Wildman–Crippen LogP) is 3.06. The SMILES string of the molecule is NC(=O)c1cccc(-c2cccc([C@@H]3CN(C(=O)c4ccccc4)CCO3)n2)c1. The molecule has 29 heavy (non-hydrogen) atoms. The molecule has 2 amide bonds. The fourth-order valence-electron chi connectivity index (χ4n) is 3.40. The van der Waals surface area contributed by atoms with Crippen LogP contribution in [0.4, 0.5) is 0 Å². The van der Waals surface area contributed by atoms with Crippen LogP contribution in [0.2, 0.25) is 0 Å². The molecular weight excluding hydrogens is 366 g/mol. The predicted molar refractivity (Wildman–Crippen MR) is 109 cm³/mol. The number of benzene rings is 2. The van der Waals surface area contributed by atoms with Crippen LogP contribution in [-0.4, -0.2) is 41.4 Å². The Kier molecular flexibility index (Phi) is 5.35. The van der Waals surface area contributed by atoms with Crippen molar-refractivity contribution in [2.45, 2.75) is 6.10 Å². The lowest BCUT2D eigenvalue weighted by Crippen LogP contribution is -2.42. The van der Waals surface area contributed by atoms with Gasteiger partial charge in [0.2, 0.25) is 5.91 Å². The van der Waals surface area contributed by atoms with Crippen molar-refractivity contribution in [3.05, 3.63) is 89.6 Å². The van der Waals surface area contributed by atoms with Crippen LogP contribution in [0.5, 0.6) is 0 Å². The van der Waals surface area contributed by atoms with E-state index in [0.717, 1.165) is 17.0 Å². The number of carbonyl (C=O) groups excluding carboxylic acids is 2. The molecule has 1 aliphatic heterocycles. The monoisotopic (exact) mass is 387 g/mol. The summed E-state index contributed by atoms with van der Waals surface area (Å²) in [5, 5.41) is 0. The van der Waals surface area contributed by atoms with Gasteiger partial charge in [-0.1, -0.05) is 36.4 Å². The van der Waals surface area contributed by atoms with E-state index in [9.17, 15) is 9.59 Å². The number of hydrogen-bond acceptors (Lipinski definition) is 4. The normalized spacial score (nSPS) is 16.4. The van der Waals surface area contributed by atoms with Gasteiger partial charge < -0.3 is 15.4 Å². The number of nitrogens with two attached hydrogens (primary N) is 1. The molecule has 0 bridgehead atoms. The van der Waals surface area contributed by atoms with Crippen LogP contribution in [0.3, 0.4) is 0 Å². The minimum Gasteiger partial charge on any atom is -0.368 e. The molecule has 6 nitrogen and oxygen atoms in total. The highest BCUT2D eigenvalue weighted by Crippen LogP contribution is 2.25. The molecule has 6 heteroatoms. The molecule has 4 rings (SSSR count). The maximum atomic E-state index is 12.8. The van der Waals surface area contributed by atoms with Gasteiger partial charge in [-0.2, -0.15) is 0 Å². The van der Waals surface area contributed by atoms with E-state index in [1.54, 1.807) is 23.1 Å². The topological polar surface area (TPSA) is 85.5 Å². The van der Waals surface area contributed by atoms with Crippen LogP contribution in [0.1, 0.15) is 32.5 Å². The largest absolute Gasteiger partial charge is 0.368 e. The molecule has 1 fully saturated rings. The molecule has 146 valence electrons. The van der Waals surface area contributed by atoms with Crippen molar-refractivity contribution in [3.8, 4) is 11.3 Å². The second-order valence-electron chi connectivity index (χ2n) is 6.87. The lowest BCUT2D eigenvalue weighted by atomic mass is 10.1. The number of rotatable bonds is 4. The van der Waals surface area contributed by atoms with E-state index in [1.165, 1.54) is 0 Å². The third-order valence-electron chi connectivity index (χ3n) is 4.92. The van der Waals surface area contributed by atoms with E-state index in [4.69, 9.17) is 15.5 Å². The van der Waals surface area contributed by atoms with Gasteiger partial charge in [-0.25, -0.2) is 4.98 Å². The Labute approximate surface area is 168 Å². The number of morpholine rings is 1. The second kappa shape index (κ2) is 8.24. The average molecular weight is 387 g/mol. The minimum atomic E-state index is -0.478. The maximum Gasteiger partial charge on any atom is 0.254 e. The molecule has 0 spiro atoms. The molecule has 3 aromatic rings. The van der Waals surface area contributed by atoms with Crippen molar-refractivity contribution < 1.29 is 14.3 Å². The summed E-state index contributed by atoms with van der Waals surface area (Å²) in [7, 11) is 0. The maximum absolute atomic E-state index is 12.8. The molecule has 2 aromatic carbocycles. The van der Waals surface area contributed by atoms with Gasteiger partial charge in [-0.05, 0) is 36.4 Å². The summed E-state index contributed by atoms with van der Waals surface area (Å²) < 4.78 is 5.90. The van der Waals surface area contributed by atoms with Gasteiger partial charge in [-0.15, -0.1) is 0 Å². The number of hydrogen-bond donors (Lipinski definition) is 1. The Morgan fingerprint density at radius 3 is 2.52 bits per heavy atom. The summed E-state index contributed by atoms with van der Waals surface area (Å²) in [6, 6.07) is 22.0. The molecule has 0 saturated carbocycles. The van der Waals surface area contributed by atoms with Gasteiger partial charge in [0.05, 0.1) is 24.5 Å². The Morgan fingerprint density at radius 1 is 0.966 bits per heavy atom. The Bertz CT molecular complexity index is 1040. The summed E-state index contributed by atoms with van der Waals surface area (Å²) in [5.74, 6) is -0.488. The number of amides is 2. The third kappa shape index (κ3) is 4.17. The lowest BCUT2D eigenvalue weighted by molar-refractivity contribution is -0.0246. The Hall–Kier alpha value is -3.51. The van der Waals surface area contributed by atoms with Crippen LogP contribution in [0.15, 0.2) is 72.8 Å². The van der Waals surface area contributed by atoms with Crippen molar-refractivity contribution in [3.63, 3.8) is 0 Å². The zero-order valence-corrected chi connectivity index (χ0v) is 15.8. The van der Waals surface area contributed by atoms with Gasteiger partial charge in [0.15, 0.2) is 0 Å². The van der Waals surface area contributed by atoms with Gasteiger partial charge >= 0.3 is 0 Å². The molecular formula is C23H21N3O3. The lowest BCUT2D eigenvalue weighted by Gasteiger charge is -2.33. The number of nitrogens with zero attached hydrogens (tertiary/aromatic N) is 2. The average Bonchev–Trinajstić information content (AvgIpc) is 2.79. The smallest absolute Gasteiger partial charge is 0.254 e. The minimum absolute atomic E-state index is 0.00999. The van der Waals surface area contributed by atoms with Crippen molar-refractivity contribution in [2.75, 3.05) is 19.7 Å². The van der Waals surface area contributed by atoms with Gasteiger partial charge in [0, 0.05) is 23.2 Å². The first-order valence-corrected chi connectivity index (χ1v) is 9.45. The van der Waals surface area contributed by atoms with E-state index in [-0.39, 0.29) is 12.0 Å². The third-order valence-corrected chi connectivity index (χ3v) is 4.92. The number of aromatic nitrogens is 1. The van der Waals surface area contributed by atoms with E-state index in [2.05, 4.69) is 0 Å². The summed E-state index contributed by atoms with van der Waals surface area (Å²) in [6.45, 7) is 1.43. The fourth-order valence-corrected chi connectivity index (χ4v) is 3.40.